The first-order chi connectivity index (χ1) is 16.8. The number of thioether (sulfide) groups is 1. The number of nitrogens with zero attached hydrogens (tertiary/aromatic N) is 2. The van der Waals surface area contributed by atoms with Crippen molar-refractivity contribution < 1.29 is 19.2 Å². The highest BCUT2D eigenvalue weighted by atomic mass is 79.9. The van der Waals surface area contributed by atoms with Gasteiger partial charge in [0, 0.05) is 27.7 Å². The quantitative estimate of drug-likeness (QED) is 0.174. The fraction of sp³-hybridized carbons (Fsp3) is 0.0417. The smallest absolute Gasteiger partial charge is 0.285 e. The topological polar surface area (TPSA) is 102 Å². The number of nitro groups is 1. The van der Waals surface area contributed by atoms with E-state index < -0.39 is 16.7 Å². The third kappa shape index (κ3) is 5.94. The molecular weight excluding hydrogens is 554 g/mol. The van der Waals surface area contributed by atoms with Crippen LogP contribution in [0.25, 0.3) is 6.08 Å². The summed E-state index contributed by atoms with van der Waals surface area (Å²) in [5, 5.41) is 11.9. The lowest BCUT2D eigenvalue weighted by molar-refractivity contribution is -0.384. The second-order valence-corrected chi connectivity index (χ2v) is 9.81. The number of halogens is 1. The first kappa shape index (κ1) is 24.6. The number of carbonyl (C=O) groups excluding carboxylic acids is 2. The molecule has 3 aromatic rings. The van der Waals surface area contributed by atoms with Gasteiger partial charge in [0.05, 0.1) is 9.83 Å². The van der Waals surface area contributed by atoms with Crippen LogP contribution < -0.4 is 10.2 Å². The number of amides is 2. The van der Waals surface area contributed by atoms with E-state index in [9.17, 15) is 19.7 Å². The van der Waals surface area contributed by atoms with Crippen LogP contribution in [0.5, 0.6) is 5.75 Å². The molecule has 0 aromatic heterocycles. The number of hydrogen-bond acceptors (Lipinski definition) is 7. The van der Waals surface area contributed by atoms with Gasteiger partial charge >= 0.3 is 0 Å². The Morgan fingerprint density at radius 2 is 1.86 bits per heavy atom. The van der Waals surface area contributed by atoms with Crippen LogP contribution in [0.2, 0.25) is 0 Å². The van der Waals surface area contributed by atoms with Crippen LogP contribution >= 0.6 is 39.9 Å². The standard InChI is InChI=1S/C24H16BrN3O5S2/c25-18-8-11-20(33-14-15-6-9-19(10-7-15)28(31)32)17(12-18)13-21-23(30)27(24(34)35-21)26-22(29)16-4-2-1-3-5-16/h1-13H,14H2,(H,26,29)/b21-13-. The zero-order valence-corrected chi connectivity index (χ0v) is 21.1. The molecular formula is C24H16BrN3O5S2. The fourth-order valence-electron chi connectivity index (χ4n) is 3.10. The molecule has 0 bridgehead atoms. The van der Waals surface area contributed by atoms with Gasteiger partial charge < -0.3 is 4.74 Å². The SMILES string of the molecule is O=C(NN1C(=O)/C(=C/c2cc(Br)ccc2OCc2ccc([N+](=O)[O-])cc2)SC1=S)c1ccccc1. The monoisotopic (exact) mass is 569 g/mol. The first-order valence-corrected chi connectivity index (χ1v) is 12.1. The zero-order valence-electron chi connectivity index (χ0n) is 17.8. The molecule has 2 amide bonds. The van der Waals surface area contributed by atoms with Crippen LogP contribution in [-0.2, 0) is 11.4 Å². The minimum absolute atomic E-state index is 0.000497. The molecule has 0 radical (unpaired) electrons. The number of ether oxygens (including phenoxy) is 1. The first-order valence-electron chi connectivity index (χ1n) is 10.1. The molecule has 1 aliphatic heterocycles. The summed E-state index contributed by atoms with van der Waals surface area (Å²) in [6.45, 7) is 0.175. The molecule has 1 saturated heterocycles. The van der Waals surface area contributed by atoms with Gasteiger partial charge in [-0.15, -0.1) is 0 Å². The zero-order chi connectivity index (χ0) is 24.9. The van der Waals surface area contributed by atoms with Crippen LogP contribution in [0, 0.1) is 10.1 Å². The summed E-state index contributed by atoms with van der Waals surface area (Å²) < 4.78 is 6.91. The predicted molar refractivity (Wildman–Crippen MR) is 140 cm³/mol. The number of thiocarbonyl (C=S) groups is 1. The fourth-order valence-corrected chi connectivity index (χ4v) is 4.65. The van der Waals surface area contributed by atoms with Gasteiger partial charge in [-0.1, -0.05) is 45.9 Å². The van der Waals surface area contributed by atoms with Crippen molar-refractivity contribution in [2.45, 2.75) is 6.61 Å². The number of hydrogen-bond donors (Lipinski definition) is 1. The van der Waals surface area contributed by atoms with Crippen molar-refractivity contribution in [3.63, 3.8) is 0 Å². The van der Waals surface area contributed by atoms with Crippen molar-refractivity contribution in [2.75, 3.05) is 0 Å². The number of nitrogens with one attached hydrogen (secondary N) is 1. The van der Waals surface area contributed by atoms with E-state index in [1.165, 1.54) is 12.1 Å². The average Bonchev–Trinajstić information content (AvgIpc) is 3.11. The summed E-state index contributed by atoms with van der Waals surface area (Å²) in [6, 6.07) is 19.9. The Labute approximate surface area is 218 Å². The lowest BCUT2D eigenvalue weighted by atomic mass is 10.1. The molecule has 3 aromatic carbocycles. The molecule has 35 heavy (non-hydrogen) atoms. The number of rotatable bonds is 7. The third-order valence-corrected chi connectivity index (χ3v) is 6.64. The van der Waals surface area contributed by atoms with Crippen molar-refractivity contribution in [2.24, 2.45) is 0 Å². The molecule has 11 heteroatoms. The van der Waals surface area contributed by atoms with E-state index in [4.69, 9.17) is 17.0 Å². The lowest BCUT2D eigenvalue weighted by Crippen LogP contribution is -2.44. The summed E-state index contributed by atoms with van der Waals surface area (Å²) in [5.74, 6) is -0.395. The van der Waals surface area contributed by atoms with E-state index in [0.717, 1.165) is 26.8 Å². The molecule has 1 fully saturated rings. The van der Waals surface area contributed by atoms with Gasteiger partial charge in [-0.05, 0) is 66.3 Å². The van der Waals surface area contributed by atoms with Crippen molar-refractivity contribution in [1.82, 2.24) is 10.4 Å². The van der Waals surface area contributed by atoms with Gasteiger partial charge in [0.15, 0.2) is 4.32 Å². The maximum Gasteiger partial charge on any atom is 0.285 e. The number of nitro benzene ring substituents is 1. The van der Waals surface area contributed by atoms with Crippen molar-refractivity contribution >= 4 is 67.8 Å². The Morgan fingerprint density at radius 1 is 1.14 bits per heavy atom. The summed E-state index contributed by atoms with van der Waals surface area (Å²) in [7, 11) is 0. The van der Waals surface area contributed by atoms with Crippen LogP contribution in [0.15, 0.2) is 82.2 Å². The lowest BCUT2D eigenvalue weighted by Gasteiger charge is -2.15. The molecule has 1 aliphatic rings. The van der Waals surface area contributed by atoms with Gasteiger partial charge in [0.2, 0.25) is 0 Å². The van der Waals surface area contributed by atoms with E-state index in [2.05, 4.69) is 21.4 Å². The Balaban J connectivity index is 1.51. The van der Waals surface area contributed by atoms with Crippen LogP contribution in [0.4, 0.5) is 5.69 Å². The number of hydrazine groups is 1. The second kappa shape index (κ2) is 10.8. The summed E-state index contributed by atoms with van der Waals surface area (Å²) in [4.78, 5) is 36.1. The van der Waals surface area contributed by atoms with Gasteiger partial charge in [-0.2, -0.15) is 5.01 Å². The van der Waals surface area contributed by atoms with Crippen molar-refractivity contribution in [3.05, 3.63) is 109 Å². The normalized spacial score (nSPS) is 14.3. The molecule has 0 unspecified atom stereocenters. The van der Waals surface area contributed by atoms with E-state index in [1.807, 2.05) is 0 Å². The molecule has 176 valence electrons. The predicted octanol–water partition coefficient (Wildman–Crippen LogP) is 5.48. The Kier molecular flexibility index (Phi) is 7.59. The average molecular weight is 570 g/mol. The van der Waals surface area contributed by atoms with Crippen LogP contribution in [0.3, 0.4) is 0 Å². The highest BCUT2D eigenvalue weighted by Crippen LogP contribution is 2.34. The molecule has 0 atom stereocenters. The van der Waals surface area contributed by atoms with Crippen LogP contribution in [0.1, 0.15) is 21.5 Å². The van der Waals surface area contributed by atoms with E-state index >= 15 is 0 Å². The highest BCUT2D eigenvalue weighted by Gasteiger charge is 2.34. The Bertz CT molecular complexity index is 1350. The number of carbonyl (C=O) groups is 2. The minimum atomic E-state index is -0.462. The van der Waals surface area contributed by atoms with Crippen molar-refractivity contribution in [3.8, 4) is 5.75 Å². The summed E-state index contributed by atoms with van der Waals surface area (Å²) >= 11 is 9.80. The molecule has 4 rings (SSSR count). The van der Waals surface area contributed by atoms with E-state index in [-0.39, 0.29) is 16.6 Å². The highest BCUT2D eigenvalue weighted by molar-refractivity contribution is 9.10. The minimum Gasteiger partial charge on any atom is -0.488 e. The van der Waals surface area contributed by atoms with Gasteiger partial charge in [0.25, 0.3) is 17.5 Å². The molecule has 0 spiro atoms. The molecule has 1 heterocycles. The number of non-ortho nitro benzene ring substituents is 1. The molecule has 0 saturated carbocycles. The third-order valence-electron chi connectivity index (χ3n) is 4.84. The molecule has 8 nitrogen and oxygen atoms in total. The maximum atomic E-state index is 13.0. The van der Waals surface area contributed by atoms with Gasteiger partial charge in [0.1, 0.15) is 12.4 Å². The number of benzene rings is 3. The summed E-state index contributed by atoms with van der Waals surface area (Å²) in [6.07, 6.45) is 1.64. The largest absolute Gasteiger partial charge is 0.488 e. The Hall–Kier alpha value is -3.54. The van der Waals surface area contributed by atoms with Gasteiger partial charge in [-0.3, -0.25) is 25.1 Å². The van der Waals surface area contributed by atoms with Crippen LogP contribution in [-0.4, -0.2) is 26.1 Å². The molecule has 0 aliphatic carbocycles. The molecule has 1 N–H and O–H groups in total. The van der Waals surface area contributed by atoms with E-state index in [0.29, 0.717) is 21.8 Å². The van der Waals surface area contributed by atoms with Crippen molar-refractivity contribution in [1.29, 1.82) is 0 Å². The van der Waals surface area contributed by atoms with E-state index in [1.54, 1.807) is 66.7 Å². The summed E-state index contributed by atoms with van der Waals surface area (Å²) in [5.41, 5.74) is 4.32. The maximum absolute atomic E-state index is 13.0. The Morgan fingerprint density at radius 3 is 2.54 bits per heavy atom. The second-order valence-electron chi connectivity index (χ2n) is 7.22. The van der Waals surface area contributed by atoms with Gasteiger partial charge in [-0.25, -0.2) is 0 Å².